The van der Waals surface area contributed by atoms with Crippen LogP contribution in [0.2, 0.25) is 0 Å². The number of amides is 1. The zero-order chi connectivity index (χ0) is 10.7. The summed E-state index contributed by atoms with van der Waals surface area (Å²) in [7, 11) is 0. The molecule has 0 aromatic heterocycles. The number of carbonyl (C=O) groups excluding carboxylic acids is 1. The van der Waals surface area contributed by atoms with Gasteiger partial charge in [-0.15, -0.1) is 12.4 Å². The summed E-state index contributed by atoms with van der Waals surface area (Å²) in [6.07, 6.45) is 4.97. The molecule has 1 amide bonds. The Balaban J connectivity index is 0.00000128. The Labute approximate surface area is 103 Å². The molecule has 2 heterocycles. The lowest BCUT2D eigenvalue weighted by Gasteiger charge is -2.23. The Morgan fingerprint density at radius 1 is 1.19 bits per heavy atom. The van der Waals surface area contributed by atoms with Crippen LogP contribution < -0.4 is 5.32 Å². The molecule has 0 aromatic rings. The maximum atomic E-state index is 12.1. The maximum absolute atomic E-state index is 12.1. The zero-order valence-corrected chi connectivity index (χ0v) is 10.3. The topological polar surface area (TPSA) is 52.6 Å². The molecule has 2 atom stereocenters. The quantitative estimate of drug-likeness (QED) is 0.712. The van der Waals surface area contributed by atoms with Crippen LogP contribution >= 0.6 is 12.4 Å². The highest BCUT2D eigenvalue weighted by Crippen LogP contribution is 2.14. The number of rotatable bonds is 1. The van der Waals surface area contributed by atoms with E-state index in [2.05, 4.69) is 5.32 Å². The average molecular weight is 249 g/mol. The number of hydrogen-bond acceptors (Lipinski definition) is 3. The van der Waals surface area contributed by atoms with Crippen molar-refractivity contribution in [1.29, 1.82) is 0 Å². The van der Waals surface area contributed by atoms with Crippen molar-refractivity contribution in [3.8, 4) is 0 Å². The van der Waals surface area contributed by atoms with Crippen LogP contribution in [-0.4, -0.2) is 47.7 Å². The van der Waals surface area contributed by atoms with Gasteiger partial charge in [-0.1, -0.05) is 12.8 Å². The van der Waals surface area contributed by atoms with Crippen molar-refractivity contribution in [2.24, 2.45) is 0 Å². The molecule has 0 radical (unpaired) electrons. The Hall–Kier alpha value is -0.320. The smallest absolute Gasteiger partial charge is 0.239 e. The number of β-amino-alcohol motifs (C(OH)–C–C–N with tert-alkyl or cyclic N) is 1. The van der Waals surface area contributed by atoms with Gasteiger partial charge in [-0.2, -0.15) is 0 Å². The monoisotopic (exact) mass is 248 g/mol. The Morgan fingerprint density at radius 2 is 1.81 bits per heavy atom. The van der Waals surface area contributed by atoms with E-state index in [1.54, 1.807) is 0 Å². The van der Waals surface area contributed by atoms with Crippen molar-refractivity contribution < 1.29 is 9.90 Å². The molecule has 0 bridgehead atoms. The molecule has 5 heteroatoms. The van der Waals surface area contributed by atoms with Gasteiger partial charge in [0.1, 0.15) is 0 Å². The summed E-state index contributed by atoms with van der Waals surface area (Å²) in [4.78, 5) is 14.0. The van der Waals surface area contributed by atoms with E-state index in [1.807, 2.05) is 4.90 Å². The van der Waals surface area contributed by atoms with Gasteiger partial charge in [-0.05, 0) is 19.3 Å². The molecule has 2 aliphatic rings. The number of nitrogens with zero attached hydrogens (tertiary/aromatic N) is 1. The van der Waals surface area contributed by atoms with E-state index in [4.69, 9.17) is 0 Å². The van der Waals surface area contributed by atoms with Gasteiger partial charge in [0, 0.05) is 19.6 Å². The third kappa shape index (κ3) is 3.34. The van der Waals surface area contributed by atoms with Crippen LogP contribution in [0.5, 0.6) is 0 Å². The lowest BCUT2D eigenvalue weighted by atomic mass is 10.2. The van der Waals surface area contributed by atoms with Crippen molar-refractivity contribution in [3.05, 3.63) is 0 Å². The van der Waals surface area contributed by atoms with Crippen LogP contribution in [0.4, 0.5) is 0 Å². The molecule has 16 heavy (non-hydrogen) atoms. The molecule has 2 rings (SSSR count). The van der Waals surface area contributed by atoms with Gasteiger partial charge in [0.15, 0.2) is 0 Å². The van der Waals surface area contributed by atoms with Gasteiger partial charge in [0.2, 0.25) is 5.91 Å². The minimum absolute atomic E-state index is 0. The van der Waals surface area contributed by atoms with Crippen molar-refractivity contribution in [2.45, 2.75) is 44.2 Å². The van der Waals surface area contributed by atoms with Crippen LogP contribution in [0, 0.1) is 0 Å². The molecule has 0 aliphatic carbocycles. The first-order chi connectivity index (χ1) is 7.27. The number of halogens is 1. The van der Waals surface area contributed by atoms with E-state index in [-0.39, 0.29) is 30.5 Å². The van der Waals surface area contributed by atoms with Crippen molar-refractivity contribution in [3.63, 3.8) is 0 Å². The molecule has 2 N–H and O–H groups in total. The van der Waals surface area contributed by atoms with Crippen molar-refractivity contribution in [1.82, 2.24) is 10.2 Å². The molecule has 0 saturated carbocycles. The molecule has 0 spiro atoms. The lowest BCUT2D eigenvalue weighted by molar-refractivity contribution is -0.133. The van der Waals surface area contributed by atoms with Crippen LogP contribution in [0.25, 0.3) is 0 Å². The number of hydrogen-bond donors (Lipinski definition) is 2. The third-order valence-electron chi connectivity index (χ3n) is 3.32. The molecular weight excluding hydrogens is 228 g/mol. The Kier molecular flexibility index (Phi) is 5.52. The van der Waals surface area contributed by atoms with Gasteiger partial charge in [0.05, 0.1) is 12.1 Å². The summed E-state index contributed by atoms with van der Waals surface area (Å²) in [5, 5.41) is 12.5. The van der Waals surface area contributed by atoms with Crippen LogP contribution in [0.15, 0.2) is 0 Å². The van der Waals surface area contributed by atoms with Gasteiger partial charge < -0.3 is 15.3 Å². The average Bonchev–Trinajstić information content (AvgIpc) is 2.53. The standard InChI is InChI=1S/C11H20N2O2.ClH/c14-9-7-10(12-8-9)11(15)13-5-3-1-2-4-6-13;/h9-10,12,14H,1-8H2;1H. The fourth-order valence-electron chi connectivity index (χ4n) is 2.42. The van der Waals surface area contributed by atoms with Crippen LogP contribution in [-0.2, 0) is 4.79 Å². The normalized spacial score (nSPS) is 30.7. The highest BCUT2D eigenvalue weighted by molar-refractivity contribution is 5.85. The number of carbonyl (C=O) groups is 1. The summed E-state index contributed by atoms with van der Waals surface area (Å²) in [5.41, 5.74) is 0. The summed E-state index contributed by atoms with van der Waals surface area (Å²) in [6, 6.07) is -0.141. The molecule has 0 aromatic carbocycles. The second-order valence-electron chi connectivity index (χ2n) is 4.59. The lowest BCUT2D eigenvalue weighted by Crippen LogP contribution is -2.43. The fraction of sp³-hybridized carbons (Fsp3) is 0.909. The first-order valence-electron chi connectivity index (χ1n) is 5.97. The van der Waals surface area contributed by atoms with E-state index in [0.29, 0.717) is 13.0 Å². The first kappa shape index (κ1) is 13.7. The largest absolute Gasteiger partial charge is 0.392 e. The first-order valence-corrected chi connectivity index (χ1v) is 5.97. The highest BCUT2D eigenvalue weighted by Gasteiger charge is 2.31. The fourth-order valence-corrected chi connectivity index (χ4v) is 2.42. The molecule has 2 fully saturated rings. The molecule has 4 nitrogen and oxygen atoms in total. The van der Waals surface area contributed by atoms with E-state index >= 15 is 0 Å². The molecular formula is C11H21ClN2O2. The number of aliphatic hydroxyl groups excluding tert-OH is 1. The third-order valence-corrected chi connectivity index (χ3v) is 3.32. The summed E-state index contributed by atoms with van der Waals surface area (Å²) in [5.74, 6) is 0.188. The minimum atomic E-state index is -0.342. The predicted molar refractivity (Wildman–Crippen MR) is 64.7 cm³/mol. The van der Waals surface area contributed by atoms with E-state index in [0.717, 1.165) is 25.9 Å². The van der Waals surface area contributed by atoms with Crippen molar-refractivity contribution >= 4 is 18.3 Å². The van der Waals surface area contributed by atoms with Crippen LogP contribution in [0.1, 0.15) is 32.1 Å². The van der Waals surface area contributed by atoms with Gasteiger partial charge in [-0.3, -0.25) is 4.79 Å². The minimum Gasteiger partial charge on any atom is -0.392 e. The second-order valence-corrected chi connectivity index (χ2v) is 4.59. The SMILES string of the molecule is Cl.O=C(C1CC(O)CN1)N1CCCCCC1. The Bertz CT molecular complexity index is 230. The van der Waals surface area contributed by atoms with Gasteiger partial charge in [-0.25, -0.2) is 0 Å². The zero-order valence-electron chi connectivity index (χ0n) is 9.52. The number of likely N-dealkylation sites (tertiary alicyclic amines) is 1. The van der Waals surface area contributed by atoms with Gasteiger partial charge >= 0.3 is 0 Å². The summed E-state index contributed by atoms with van der Waals surface area (Å²) in [6.45, 7) is 2.35. The van der Waals surface area contributed by atoms with E-state index in [9.17, 15) is 9.90 Å². The van der Waals surface area contributed by atoms with Gasteiger partial charge in [0.25, 0.3) is 0 Å². The molecule has 94 valence electrons. The number of nitrogens with one attached hydrogen (secondary N) is 1. The maximum Gasteiger partial charge on any atom is 0.239 e. The number of aliphatic hydroxyl groups is 1. The van der Waals surface area contributed by atoms with Crippen molar-refractivity contribution in [2.75, 3.05) is 19.6 Å². The van der Waals surface area contributed by atoms with E-state index in [1.165, 1.54) is 12.8 Å². The Morgan fingerprint density at radius 3 is 2.31 bits per heavy atom. The second kappa shape index (κ2) is 6.42. The highest BCUT2D eigenvalue weighted by atomic mass is 35.5. The summed E-state index contributed by atoms with van der Waals surface area (Å²) < 4.78 is 0. The predicted octanol–water partition coefficient (Wildman–Crippen LogP) is 0.534. The van der Waals surface area contributed by atoms with Crippen LogP contribution in [0.3, 0.4) is 0 Å². The molecule has 2 aliphatic heterocycles. The van der Waals surface area contributed by atoms with E-state index < -0.39 is 0 Å². The molecule has 2 unspecified atom stereocenters. The molecule has 2 saturated heterocycles. The summed E-state index contributed by atoms with van der Waals surface area (Å²) >= 11 is 0.